The van der Waals surface area contributed by atoms with Crippen molar-refractivity contribution < 1.29 is 17.9 Å². The van der Waals surface area contributed by atoms with Gasteiger partial charge in [0.1, 0.15) is 4.21 Å². The number of anilines is 1. The highest BCUT2D eigenvalue weighted by molar-refractivity contribution is 7.94. The van der Waals surface area contributed by atoms with Crippen LogP contribution in [0.1, 0.15) is 42.5 Å². The van der Waals surface area contributed by atoms with Gasteiger partial charge in [0.05, 0.1) is 11.8 Å². The Morgan fingerprint density at radius 1 is 1.21 bits per heavy atom. The van der Waals surface area contributed by atoms with Crippen LogP contribution < -0.4 is 9.62 Å². The van der Waals surface area contributed by atoms with E-state index in [4.69, 9.17) is 4.74 Å². The zero-order chi connectivity index (χ0) is 20.0. The molecule has 1 aromatic heterocycles. The summed E-state index contributed by atoms with van der Waals surface area (Å²) in [5.41, 5.74) is 1.01. The van der Waals surface area contributed by atoms with Crippen LogP contribution in [0.25, 0.3) is 0 Å². The van der Waals surface area contributed by atoms with Crippen molar-refractivity contribution in [2.24, 2.45) is 0 Å². The minimum atomic E-state index is -3.57. The number of amides is 1. The first-order valence-electron chi connectivity index (χ1n) is 9.51. The van der Waals surface area contributed by atoms with Gasteiger partial charge in [-0.3, -0.25) is 9.10 Å². The van der Waals surface area contributed by atoms with Crippen LogP contribution in [-0.4, -0.2) is 40.6 Å². The molecule has 0 atom stereocenters. The number of carbonyl (C=O) groups is 1. The zero-order valence-corrected chi connectivity index (χ0v) is 17.6. The monoisotopic (exact) mass is 422 g/mol. The summed E-state index contributed by atoms with van der Waals surface area (Å²) in [5.74, 6) is -0.170. The summed E-state index contributed by atoms with van der Waals surface area (Å²) in [7, 11) is -2.06. The first-order valence-corrected chi connectivity index (χ1v) is 11.8. The fourth-order valence-corrected chi connectivity index (χ4v) is 5.54. The van der Waals surface area contributed by atoms with Crippen molar-refractivity contribution in [1.82, 2.24) is 5.32 Å². The van der Waals surface area contributed by atoms with Gasteiger partial charge in [-0.15, -0.1) is 11.3 Å². The maximum atomic E-state index is 12.6. The van der Waals surface area contributed by atoms with Crippen LogP contribution in [0.3, 0.4) is 0 Å². The molecule has 0 spiro atoms. The lowest BCUT2D eigenvalue weighted by Gasteiger charge is -2.18. The van der Waals surface area contributed by atoms with Gasteiger partial charge < -0.3 is 10.1 Å². The highest BCUT2D eigenvalue weighted by atomic mass is 32.2. The molecule has 0 radical (unpaired) electrons. The van der Waals surface area contributed by atoms with Gasteiger partial charge in [0.25, 0.3) is 15.9 Å². The number of hydrogen-bond acceptors (Lipinski definition) is 5. The minimum absolute atomic E-state index is 0.170. The van der Waals surface area contributed by atoms with E-state index >= 15 is 0 Å². The summed E-state index contributed by atoms with van der Waals surface area (Å²) in [6, 6.07) is 9.85. The lowest BCUT2D eigenvalue weighted by atomic mass is 10.2. The van der Waals surface area contributed by atoms with Gasteiger partial charge in [0, 0.05) is 25.8 Å². The van der Waals surface area contributed by atoms with E-state index < -0.39 is 10.0 Å². The van der Waals surface area contributed by atoms with Gasteiger partial charge in [-0.1, -0.05) is 18.9 Å². The Balaban J connectivity index is 1.48. The number of sulfonamides is 1. The summed E-state index contributed by atoms with van der Waals surface area (Å²) in [6.45, 7) is 1.22. The highest BCUT2D eigenvalue weighted by Gasteiger charge is 2.22. The molecule has 8 heteroatoms. The van der Waals surface area contributed by atoms with Crippen molar-refractivity contribution >= 4 is 33.0 Å². The third-order valence-electron chi connectivity index (χ3n) is 4.87. The average Bonchev–Trinajstić information content (AvgIpc) is 3.41. The summed E-state index contributed by atoms with van der Waals surface area (Å²) >= 11 is 1.18. The fraction of sp³-hybridized carbons (Fsp3) is 0.450. The Bertz CT molecular complexity index is 858. The van der Waals surface area contributed by atoms with E-state index in [2.05, 4.69) is 5.32 Å². The number of nitrogens with one attached hydrogen (secondary N) is 1. The standard InChI is InChI=1S/C20H26N2O4S2/c1-22(28(24,25)19-8-4-15-27-19)17-11-9-16(10-12-17)20(23)21-13-5-14-26-18-6-2-3-7-18/h4,8-12,15,18H,2-3,5-7,13-14H2,1H3,(H,21,23). The van der Waals surface area contributed by atoms with Crippen molar-refractivity contribution in [3.8, 4) is 0 Å². The maximum absolute atomic E-state index is 12.6. The molecule has 3 rings (SSSR count). The summed E-state index contributed by atoms with van der Waals surface area (Å²) < 4.78 is 32.4. The van der Waals surface area contributed by atoms with E-state index in [0.717, 1.165) is 19.3 Å². The molecule has 6 nitrogen and oxygen atoms in total. The Morgan fingerprint density at radius 3 is 2.57 bits per heavy atom. The number of benzene rings is 1. The van der Waals surface area contributed by atoms with Gasteiger partial charge in [0.15, 0.2) is 0 Å². The van der Waals surface area contributed by atoms with E-state index in [1.54, 1.807) is 41.8 Å². The first kappa shape index (κ1) is 20.8. The molecule has 152 valence electrons. The summed E-state index contributed by atoms with van der Waals surface area (Å²) in [5, 5.41) is 4.61. The molecule has 1 aromatic carbocycles. The molecule has 1 aliphatic carbocycles. The average molecular weight is 423 g/mol. The maximum Gasteiger partial charge on any atom is 0.273 e. The zero-order valence-electron chi connectivity index (χ0n) is 16.0. The van der Waals surface area contributed by atoms with Crippen molar-refractivity contribution in [3.05, 3.63) is 47.3 Å². The second kappa shape index (κ2) is 9.54. The van der Waals surface area contributed by atoms with E-state index in [1.807, 2.05) is 0 Å². The Labute approximate surface area is 170 Å². The lowest BCUT2D eigenvalue weighted by molar-refractivity contribution is 0.0565. The number of thiophene rings is 1. The smallest absolute Gasteiger partial charge is 0.273 e. The number of ether oxygens (including phenoxy) is 1. The van der Waals surface area contributed by atoms with Crippen molar-refractivity contribution in [2.45, 2.75) is 42.4 Å². The molecule has 2 aromatic rings. The van der Waals surface area contributed by atoms with E-state index in [-0.39, 0.29) is 10.1 Å². The quantitative estimate of drug-likeness (QED) is 0.626. The van der Waals surface area contributed by atoms with Crippen LogP contribution >= 0.6 is 11.3 Å². The highest BCUT2D eigenvalue weighted by Crippen LogP contribution is 2.25. The fourth-order valence-electron chi connectivity index (χ4n) is 3.19. The largest absolute Gasteiger partial charge is 0.378 e. The molecular weight excluding hydrogens is 396 g/mol. The third-order valence-corrected chi connectivity index (χ3v) is 8.02. The van der Waals surface area contributed by atoms with Crippen LogP contribution in [0.2, 0.25) is 0 Å². The van der Waals surface area contributed by atoms with E-state index in [9.17, 15) is 13.2 Å². The van der Waals surface area contributed by atoms with Crippen molar-refractivity contribution in [1.29, 1.82) is 0 Å². The second-order valence-electron chi connectivity index (χ2n) is 6.84. The van der Waals surface area contributed by atoms with Gasteiger partial charge in [-0.2, -0.15) is 0 Å². The van der Waals surface area contributed by atoms with Gasteiger partial charge in [-0.05, 0) is 55.0 Å². The van der Waals surface area contributed by atoms with Crippen molar-refractivity contribution in [3.63, 3.8) is 0 Å². The topological polar surface area (TPSA) is 75.7 Å². The Kier molecular flexibility index (Phi) is 7.09. The van der Waals surface area contributed by atoms with Gasteiger partial charge in [0.2, 0.25) is 0 Å². The van der Waals surface area contributed by atoms with Crippen LogP contribution in [0.4, 0.5) is 5.69 Å². The number of nitrogens with zero attached hydrogens (tertiary/aromatic N) is 1. The molecule has 0 unspecified atom stereocenters. The predicted octanol–water partition coefficient (Wildman–Crippen LogP) is 3.65. The van der Waals surface area contributed by atoms with Gasteiger partial charge >= 0.3 is 0 Å². The summed E-state index contributed by atoms with van der Waals surface area (Å²) in [4.78, 5) is 12.2. The Hall–Kier alpha value is -1.90. The lowest BCUT2D eigenvalue weighted by Crippen LogP contribution is -2.27. The molecule has 0 aliphatic heterocycles. The molecule has 1 saturated carbocycles. The molecule has 1 heterocycles. The third kappa shape index (κ3) is 5.12. The van der Waals surface area contributed by atoms with E-state index in [1.165, 1.54) is 35.5 Å². The Morgan fingerprint density at radius 2 is 1.93 bits per heavy atom. The molecule has 1 fully saturated rings. The molecular formula is C20H26N2O4S2. The second-order valence-corrected chi connectivity index (χ2v) is 9.98. The van der Waals surface area contributed by atoms with Crippen LogP contribution in [0.15, 0.2) is 46.0 Å². The molecule has 28 heavy (non-hydrogen) atoms. The molecule has 0 bridgehead atoms. The van der Waals surface area contributed by atoms with E-state index in [0.29, 0.717) is 30.5 Å². The van der Waals surface area contributed by atoms with Gasteiger partial charge in [-0.25, -0.2) is 8.42 Å². The number of carbonyl (C=O) groups excluding carboxylic acids is 1. The molecule has 1 aliphatic rings. The van der Waals surface area contributed by atoms with Crippen LogP contribution in [0, 0.1) is 0 Å². The van der Waals surface area contributed by atoms with Crippen LogP contribution in [-0.2, 0) is 14.8 Å². The predicted molar refractivity (Wildman–Crippen MR) is 112 cm³/mol. The summed E-state index contributed by atoms with van der Waals surface area (Å²) in [6.07, 6.45) is 5.97. The minimum Gasteiger partial charge on any atom is -0.378 e. The normalized spacial score (nSPS) is 14.9. The molecule has 1 amide bonds. The number of rotatable bonds is 9. The number of hydrogen-bond donors (Lipinski definition) is 1. The van der Waals surface area contributed by atoms with Crippen molar-refractivity contribution in [2.75, 3.05) is 24.5 Å². The molecule has 1 N–H and O–H groups in total. The molecule has 0 saturated heterocycles. The first-order chi connectivity index (χ1) is 13.5. The SMILES string of the molecule is CN(c1ccc(C(=O)NCCCOC2CCCC2)cc1)S(=O)(=O)c1cccs1. The van der Waals surface area contributed by atoms with Crippen LogP contribution in [0.5, 0.6) is 0 Å².